The summed E-state index contributed by atoms with van der Waals surface area (Å²) in [5.74, 6) is -0.424. The predicted octanol–water partition coefficient (Wildman–Crippen LogP) is 1.07. The Balaban J connectivity index is 1.99. The third-order valence-electron chi connectivity index (χ3n) is 2.73. The molecule has 2 rings (SSSR count). The number of aromatic nitrogens is 1. The minimum atomic E-state index is -0.452. The molecule has 5 nitrogen and oxygen atoms in total. The van der Waals surface area contributed by atoms with Gasteiger partial charge in [0.2, 0.25) is 5.91 Å². The van der Waals surface area contributed by atoms with Crippen molar-refractivity contribution in [3.63, 3.8) is 0 Å². The highest BCUT2D eigenvalue weighted by Gasteiger charge is 2.23. The van der Waals surface area contributed by atoms with Gasteiger partial charge in [0.05, 0.1) is 5.02 Å². The molecule has 1 aromatic rings. The Morgan fingerprint density at radius 1 is 1.47 bits per heavy atom. The monoisotopic (exact) mass is 255 g/mol. The topological polar surface area (TPSA) is 74.0 Å². The molecule has 0 spiro atoms. The van der Waals surface area contributed by atoms with Crippen LogP contribution in [-0.2, 0) is 4.79 Å². The lowest BCUT2D eigenvalue weighted by Crippen LogP contribution is -2.45. The zero-order valence-electron chi connectivity index (χ0n) is 9.25. The fourth-order valence-corrected chi connectivity index (χ4v) is 1.98. The number of carbonyl (C=O) groups excluding carboxylic acids is 2. The van der Waals surface area contributed by atoms with E-state index in [1.807, 2.05) is 0 Å². The van der Waals surface area contributed by atoms with E-state index in [1.54, 1.807) is 0 Å². The number of hydrogen-bond donors (Lipinski definition) is 3. The summed E-state index contributed by atoms with van der Waals surface area (Å²) in [5, 5.41) is 5.94. The fraction of sp³-hybridized carbons (Fsp3) is 0.455. The van der Waals surface area contributed by atoms with Crippen molar-refractivity contribution in [2.24, 2.45) is 0 Å². The fourth-order valence-electron chi connectivity index (χ4n) is 1.81. The van der Waals surface area contributed by atoms with Crippen molar-refractivity contribution in [3.05, 3.63) is 23.0 Å². The van der Waals surface area contributed by atoms with Gasteiger partial charge < -0.3 is 15.6 Å². The normalized spacial score (nSPS) is 20.5. The molecular formula is C11H14ClN3O2. The van der Waals surface area contributed by atoms with Crippen molar-refractivity contribution in [1.29, 1.82) is 0 Å². The first kappa shape index (κ1) is 12.0. The molecule has 0 aliphatic carbocycles. The molecule has 6 heteroatoms. The summed E-state index contributed by atoms with van der Waals surface area (Å²) in [5.41, 5.74) is 0.368. The maximum absolute atomic E-state index is 11.8. The lowest BCUT2D eigenvalue weighted by atomic mass is 10.1. The van der Waals surface area contributed by atoms with E-state index < -0.39 is 6.04 Å². The lowest BCUT2D eigenvalue weighted by Gasteiger charge is -2.14. The molecule has 92 valence electrons. The molecule has 1 saturated heterocycles. The largest absolute Gasteiger partial charge is 0.356 e. The van der Waals surface area contributed by atoms with Gasteiger partial charge in [-0.2, -0.15) is 0 Å². The molecule has 0 bridgehead atoms. The van der Waals surface area contributed by atoms with Gasteiger partial charge in [-0.1, -0.05) is 11.6 Å². The van der Waals surface area contributed by atoms with Crippen molar-refractivity contribution >= 4 is 23.4 Å². The number of rotatable bonds is 2. The summed E-state index contributed by atoms with van der Waals surface area (Å²) in [6, 6.07) is 1.08. The minimum absolute atomic E-state index is 0.117. The SMILES string of the molecule is O=C(NC1CCCCNC1=O)c1cc(Cl)c[nH]1. The molecule has 1 aliphatic heterocycles. The molecular weight excluding hydrogens is 242 g/mol. The van der Waals surface area contributed by atoms with Gasteiger partial charge in [-0.25, -0.2) is 0 Å². The Labute approximate surface area is 104 Å². The zero-order valence-corrected chi connectivity index (χ0v) is 10.0. The predicted molar refractivity (Wildman–Crippen MR) is 63.9 cm³/mol. The first-order valence-electron chi connectivity index (χ1n) is 5.59. The third kappa shape index (κ3) is 3.00. The summed E-state index contributed by atoms with van der Waals surface area (Å²) < 4.78 is 0. The molecule has 3 N–H and O–H groups in total. The molecule has 1 fully saturated rings. The van der Waals surface area contributed by atoms with Crippen LogP contribution in [0, 0.1) is 0 Å². The Bertz CT molecular complexity index is 430. The van der Waals surface area contributed by atoms with Gasteiger partial charge in [0.1, 0.15) is 11.7 Å². The Morgan fingerprint density at radius 2 is 2.29 bits per heavy atom. The van der Waals surface area contributed by atoms with Crippen LogP contribution in [-0.4, -0.2) is 29.4 Å². The lowest BCUT2D eigenvalue weighted by molar-refractivity contribution is -0.122. The number of amides is 2. The van der Waals surface area contributed by atoms with Gasteiger partial charge in [-0.15, -0.1) is 0 Å². The number of carbonyl (C=O) groups is 2. The molecule has 17 heavy (non-hydrogen) atoms. The molecule has 2 heterocycles. The second kappa shape index (κ2) is 5.23. The van der Waals surface area contributed by atoms with Crippen molar-refractivity contribution in [2.45, 2.75) is 25.3 Å². The van der Waals surface area contributed by atoms with Crippen molar-refractivity contribution < 1.29 is 9.59 Å². The van der Waals surface area contributed by atoms with Gasteiger partial charge in [-0.05, 0) is 25.3 Å². The van der Waals surface area contributed by atoms with E-state index in [0.29, 0.717) is 23.7 Å². The summed E-state index contributed by atoms with van der Waals surface area (Å²) in [4.78, 5) is 26.2. The summed E-state index contributed by atoms with van der Waals surface area (Å²) in [6.45, 7) is 0.680. The van der Waals surface area contributed by atoms with Crippen molar-refractivity contribution in [2.75, 3.05) is 6.54 Å². The Morgan fingerprint density at radius 3 is 3.00 bits per heavy atom. The highest BCUT2D eigenvalue weighted by Crippen LogP contribution is 2.11. The molecule has 0 saturated carbocycles. The van der Waals surface area contributed by atoms with E-state index in [1.165, 1.54) is 12.3 Å². The van der Waals surface area contributed by atoms with Crippen LogP contribution >= 0.6 is 11.6 Å². The summed E-state index contributed by atoms with van der Waals surface area (Å²) in [7, 11) is 0. The van der Waals surface area contributed by atoms with Crippen LogP contribution in [0.15, 0.2) is 12.3 Å². The van der Waals surface area contributed by atoms with Gasteiger partial charge in [0, 0.05) is 12.7 Å². The van der Waals surface area contributed by atoms with Crippen LogP contribution in [0.2, 0.25) is 5.02 Å². The first-order chi connectivity index (χ1) is 8.16. The molecule has 1 atom stereocenters. The third-order valence-corrected chi connectivity index (χ3v) is 2.95. The van der Waals surface area contributed by atoms with Gasteiger partial charge in [-0.3, -0.25) is 9.59 Å². The number of H-pyrrole nitrogens is 1. The highest BCUT2D eigenvalue weighted by molar-refractivity contribution is 6.31. The van der Waals surface area contributed by atoms with E-state index in [-0.39, 0.29) is 11.8 Å². The van der Waals surface area contributed by atoms with E-state index in [4.69, 9.17) is 11.6 Å². The second-order valence-corrected chi connectivity index (χ2v) is 4.48. The van der Waals surface area contributed by atoms with Crippen LogP contribution in [0.5, 0.6) is 0 Å². The van der Waals surface area contributed by atoms with Crippen LogP contribution in [0.25, 0.3) is 0 Å². The van der Waals surface area contributed by atoms with Gasteiger partial charge in [0.15, 0.2) is 0 Å². The average molecular weight is 256 g/mol. The van der Waals surface area contributed by atoms with E-state index in [0.717, 1.165) is 12.8 Å². The number of hydrogen-bond acceptors (Lipinski definition) is 2. The maximum Gasteiger partial charge on any atom is 0.268 e. The Kier molecular flexibility index (Phi) is 3.68. The van der Waals surface area contributed by atoms with E-state index >= 15 is 0 Å². The summed E-state index contributed by atoms with van der Waals surface area (Å²) >= 11 is 5.71. The van der Waals surface area contributed by atoms with Crippen molar-refractivity contribution in [3.8, 4) is 0 Å². The summed E-state index contributed by atoms with van der Waals surface area (Å²) in [6.07, 6.45) is 4.08. The van der Waals surface area contributed by atoms with Crippen LogP contribution in [0.4, 0.5) is 0 Å². The first-order valence-corrected chi connectivity index (χ1v) is 5.97. The zero-order chi connectivity index (χ0) is 12.3. The average Bonchev–Trinajstić information content (AvgIpc) is 2.63. The molecule has 1 aromatic heterocycles. The molecule has 2 amide bonds. The van der Waals surface area contributed by atoms with Crippen LogP contribution in [0.1, 0.15) is 29.8 Å². The highest BCUT2D eigenvalue weighted by atomic mass is 35.5. The molecule has 1 aliphatic rings. The van der Waals surface area contributed by atoms with Gasteiger partial charge in [0.25, 0.3) is 5.91 Å². The van der Waals surface area contributed by atoms with Crippen molar-refractivity contribution in [1.82, 2.24) is 15.6 Å². The van der Waals surface area contributed by atoms with E-state index in [9.17, 15) is 9.59 Å². The quantitative estimate of drug-likeness (QED) is 0.740. The number of aromatic amines is 1. The maximum atomic E-state index is 11.8. The number of halogens is 1. The standard InChI is InChI=1S/C11H14ClN3O2/c12-7-5-9(14-6-7)11(17)15-8-3-1-2-4-13-10(8)16/h5-6,8,14H,1-4H2,(H,13,16)(H,15,17). The van der Waals surface area contributed by atoms with E-state index in [2.05, 4.69) is 15.6 Å². The molecule has 0 aromatic carbocycles. The molecule has 0 radical (unpaired) electrons. The Hall–Kier alpha value is -1.49. The molecule has 1 unspecified atom stereocenters. The second-order valence-electron chi connectivity index (χ2n) is 4.04. The van der Waals surface area contributed by atoms with Gasteiger partial charge >= 0.3 is 0 Å². The van der Waals surface area contributed by atoms with Crippen LogP contribution in [0.3, 0.4) is 0 Å². The number of nitrogens with one attached hydrogen (secondary N) is 3. The van der Waals surface area contributed by atoms with Crippen LogP contribution < -0.4 is 10.6 Å². The smallest absolute Gasteiger partial charge is 0.268 e. The minimum Gasteiger partial charge on any atom is -0.356 e.